The summed E-state index contributed by atoms with van der Waals surface area (Å²) in [6, 6.07) is 10.4. The Bertz CT molecular complexity index is 1200. The number of likely N-dealkylation sites (tertiary alicyclic amines) is 2. The van der Waals surface area contributed by atoms with Gasteiger partial charge in [-0.3, -0.25) is 9.69 Å². The first-order chi connectivity index (χ1) is 18.0. The number of benzene rings is 1. The summed E-state index contributed by atoms with van der Waals surface area (Å²) < 4.78 is 6.76. The van der Waals surface area contributed by atoms with Crippen LogP contribution in [0.5, 0.6) is 0 Å². The molecule has 196 valence electrons. The van der Waals surface area contributed by atoms with Gasteiger partial charge in [-0.05, 0) is 75.8 Å². The lowest BCUT2D eigenvalue weighted by atomic mass is 9.47. The molecule has 6 nitrogen and oxygen atoms in total. The number of piperidine rings is 1. The van der Waals surface area contributed by atoms with Gasteiger partial charge in [0.25, 0.3) is 0 Å². The van der Waals surface area contributed by atoms with Crippen LogP contribution in [-0.4, -0.2) is 69.3 Å². The molecule has 2 bridgehead atoms. The van der Waals surface area contributed by atoms with Crippen LogP contribution in [0.15, 0.2) is 53.0 Å². The standard InChI is InChI=1S/C31H38N2O4/c34-24-9-8-21-17-25-31(36)12-10-23(33-14-11-22(29(33)35)16-19-4-2-1-3-5-19)28-30(31,26(21)27(24)37-28)13-15-32(25)18-20-6-7-20/h1-5,20,22-23,25,28,34,36H,6-18H2/t22?,23-,25+,28-,30-,31?/m0/s1. The molecule has 3 aliphatic heterocycles. The summed E-state index contributed by atoms with van der Waals surface area (Å²) in [5, 5.41) is 23.7. The molecule has 3 heterocycles. The van der Waals surface area contributed by atoms with Crippen LogP contribution in [0, 0.1) is 17.3 Å². The number of aliphatic hydroxyl groups excluding tert-OH is 1. The zero-order chi connectivity index (χ0) is 24.9. The van der Waals surface area contributed by atoms with E-state index >= 15 is 0 Å². The van der Waals surface area contributed by atoms with Gasteiger partial charge in [0, 0.05) is 37.0 Å². The number of amides is 1. The van der Waals surface area contributed by atoms with E-state index in [0.717, 1.165) is 69.7 Å². The predicted molar refractivity (Wildman–Crippen MR) is 138 cm³/mol. The molecule has 7 aliphatic rings. The van der Waals surface area contributed by atoms with E-state index < -0.39 is 11.0 Å². The third kappa shape index (κ3) is 3.03. The number of aliphatic hydroxyl groups is 2. The number of rotatable bonds is 5. The molecule has 2 N–H and O–H groups in total. The first-order valence-corrected chi connectivity index (χ1v) is 14.6. The van der Waals surface area contributed by atoms with Crippen molar-refractivity contribution in [3.8, 4) is 0 Å². The highest BCUT2D eigenvalue weighted by atomic mass is 16.5. The zero-order valence-electron chi connectivity index (χ0n) is 21.6. The second kappa shape index (κ2) is 7.86. The number of hydrogen-bond donors (Lipinski definition) is 2. The second-order valence-corrected chi connectivity index (χ2v) is 12.9. The van der Waals surface area contributed by atoms with E-state index in [1.165, 1.54) is 24.0 Å². The van der Waals surface area contributed by atoms with Crippen molar-refractivity contribution >= 4 is 5.91 Å². The van der Waals surface area contributed by atoms with Crippen molar-refractivity contribution in [2.75, 3.05) is 19.6 Å². The molecule has 8 rings (SSSR count). The van der Waals surface area contributed by atoms with Crippen molar-refractivity contribution in [2.24, 2.45) is 17.3 Å². The highest BCUT2D eigenvalue weighted by Crippen LogP contribution is 2.69. The Labute approximate surface area is 219 Å². The molecule has 4 aliphatic carbocycles. The fourth-order valence-corrected chi connectivity index (χ4v) is 9.25. The predicted octanol–water partition coefficient (Wildman–Crippen LogP) is 4.10. The quantitative estimate of drug-likeness (QED) is 0.634. The first kappa shape index (κ1) is 22.7. The third-order valence-electron chi connectivity index (χ3n) is 11.1. The third-order valence-corrected chi connectivity index (χ3v) is 11.1. The maximum atomic E-state index is 13.8. The molecule has 5 fully saturated rings. The van der Waals surface area contributed by atoms with Gasteiger partial charge < -0.3 is 19.8 Å². The van der Waals surface area contributed by atoms with Gasteiger partial charge in [0.15, 0.2) is 5.76 Å². The van der Waals surface area contributed by atoms with Crippen LogP contribution in [0.25, 0.3) is 0 Å². The summed E-state index contributed by atoms with van der Waals surface area (Å²) in [5.41, 5.74) is 2.34. The van der Waals surface area contributed by atoms with Crippen LogP contribution in [0.4, 0.5) is 0 Å². The maximum absolute atomic E-state index is 13.8. The number of hydrogen-bond acceptors (Lipinski definition) is 5. The molecule has 6 heteroatoms. The van der Waals surface area contributed by atoms with Gasteiger partial charge in [-0.15, -0.1) is 0 Å². The molecule has 1 spiro atoms. The van der Waals surface area contributed by atoms with E-state index in [9.17, 15) is 15.0 Å². The van der Waals surface area contributed by atoms with E-state index in [4.69, 9.17) is 4.74 Å². The van der Waals surface area contributed by atoms with Crippen molar-refractivity contribution in [1.29, 1.82) is 0 Å². The zero-order valence-corrected chi connectivity index (χ0v) is 21.6. The minimum atomic E-state index is -0.869. The lowest BCUT2D eigenvalue weighted by molar-refractivity contribution is -0.222. The van der Waals surface area contributed by atoms with Gasteiger partial charge in [-0.2, -0.15) is 0 Å². The van der Waals surface area contributed by atoms with Gasteiger partial charge in [-0.1, -0.05) is 35.9 Å². The summed E-state index contributed by atoms with van der Waals surface area (Å²) in [4.78, 5) is 18.5. The minimum Gasteiger partial charge on any atom is -0.508 e. The van der Waals surface area contributed by atoms with Crippen LogP contribution in [-0.2, 0) is 16.0 Å². The molecule has 1 amide bonds. The monoisotopic (exact) mass is 502 g/mol. The van der Waals surface area contributed by atoms with E-state index in [1.807, 2.05) is 18.2 Å². The van der Waals surface area contributed by atoms with Crippen LogP contribution < -0.4 is 0 Å². The Morgan fingerprint density at radius 2 is 1.86 bits per heavy atom. The fraction of sp³-hybridized carbons (Fsp3) is 0.645. The summed E-state index contributed by atoms with van der Waals surface area (Å²) in [6.45, 7) is 2.81. The van der Waals surface area contributed by atoms with Crippen molar-refractivity contribution < 1.29 is 19.7 Å². The van der Waals surface area contributed by atoms with Gasteiger partial charge in [0.1, 0.15) is 11.9 Å². The summed E-state index contributed by atoms with van der Waals surface area (Å²) in [6.07, 6.45) is 8.67. The second-order valence-electron chi connectivity index (χ2n) is 12.9. The van der Waals surface area contributed by atoms with Crippen molar-refractivity contribution in [3.05, 3.63) is 58.6 Å². The first-order valence-electron chi connectivity index (χ1n) is 14.6. The smallest absolute Gasteiger partial charge is 0.226 e. The van der Waals surface area contributed by atoms with E-state index in [2.05, 4.69) is 21.9 Å². The summed E-state index contributed by atoms with van der Waals surface area (Å²) in [5.74, 6) is 2.02. The van der Waals surface area contributed by atoms with Crippen LogP contribution >= 0.6 is 0 Å². The van der Waals surface area contributed by atoms with Crippen LogP contribution in [0.1, 0.15) is 63.4 Å². The topological polar surface area (TPSA) is 73.2 Å². The molecule has 0 aromatic heterocycles. The molecule has 2 saturated carbocycles. The lowest BCUT2D eigenvalue weighted by Gasteiger charge is -2.65. The van der Waals surface area contributed by atoms with E-state index in [1.54, 1.807) is 0 Å². The number of carbonyl (C=O) groups excluding carboxylic acids is 1. The number of allylic oxidation sites excluding steroid dienone is 2. The Balaban J connectivity index is 1.16. The SMILES string of the molecule is O=C1C(Cc2ccccc2)CCN1[C@H]1CCC2(O)[C@H]3CC4=C5C(=C(O)CC4)O[C@@H]1[C@]52CCN3CC1CC1. The Hall–Kier alpha value is -2.31. The molecular formula is C31H38N2O4. The molecule has 1 aromatic rings. The lowest BCUT2D eigenvalue weighted by Crippen LogP contribution is -2.75. The molecule has 0 radical (unpaired) electrons. The molecular weight excluding hydrogens is 464 g/mol. The Morgan fingerprint density at radius 1 is 1.03 bits per heavy atom. The largest absolute Gasteiger partial charge is 0.508 e. The highest BCUT2D eigenvalue weighted by Gasteiger charge is 2.75. The number of carbonyl (C=O) groups is 1. The van der Waals surface area contributed by atoms with Gasteiger partial charge in [-0.25, -0.2) is 0 Å². The maximum Gasteiger partial charge on any atom is 0.226 e. The average molecular weight is 503 g/mol. The molecule has 6 atom stereocenters. The number of ether oxygens (including phenoxy) is 1. The molecule has 2 unspecified atom stereocenters. The highest BCUT2D eigenvalue weighted by molar-refractivity contribution is 5.81. The summed E-state index contributed by atoms with van der Waals surface area (Å²) >= 11 is 0. The van der Waals surface area contributed by atoms with Gasteiger partial charge in [0.2, 0.25) is 5.91 Å². The van der Waals surface area contributed by atoms with E-state index in [0.29, 0.717) is 24.4 Å². The minimum absolute atomic E-state index is 0.00581. The van der Waals surface area contributed by atoms with Gasteiger partial charge >= 0.3 is 0 Å². The van der Waals surface area contributed by atoms with Crippen molar-refractivity contribution in [2.45, 2.75) is 88.0 Å². The molecule has 3 saturated heterocycles. The average Bonchev–Trinajstić information content (AvgIpc) is 3.55. The molecule has 37 heavy (non-hydrogen) atoms. The van der Waals surface area contributed by atoms with Crippen molar-refractivity contribution in [3.63, 3.8) is 0 Å². The fourth-order valence-electron chi connectivity index (χ4n) is 9.25. The van der Waals surface area contributed by atoms with Crippen molar-refractivity contribution in [1.82, 2.24) is 9.80 Å². The molecule has 1 aromatic carbocycles. The number of nitrogens with zero attached hydrogens (tertiary/aromatic N) is 2. The summed E-state index contributed by atoms with van der Waals surface area (Å²) in [7, 11) is 0. The van der Waals surface area contributed by atoms with Crippen LogP contribution in [0.3, 0.4) is 0 Å². The Kier molecular flexibility index (Phi) is 4.81. The van der Waals surface area contributed by atoms with E-state index in [-0.39, 0.29) is 30.0 Å². The normalized spacial score (nSPS) is 40.8. The Morgan fingerprint density at radius 3 is 2.68 bits per heavy atom. The van der Waals surface area contributed by atoms with Gasteiger partial charge in [0.05, 0.1) is 17.1 Å². The van der Waals surface area contributed by atoms with Crippen LogP contribution in [0.2, 0.25) is 0 Å².